The van der Waals surface area contributed by atoms with Crippen LogP contribution in [-0.2, 0) is 11.3 Å². The quantitative estimate of drug-likeness (QED) is 0.547. The van der Waals surface area contributed by atoms with Crippen LogP contribution < -0.4 is 9.80 Å². The van der Waals surface area contributed by atoms with Crippen LogP contribution in [0.25, 0.3) is 10.7 Å². The third-order valence-corrected chi connectivity index (χ3v) is 6.96. The van der Waals surface area contributed by atoms with E-state index in [0.717, 1.165) is 40.1 Å². The van der Waals surface area contributed by atoms with Gasteiger partial charge >= 0.3 is 5.97 Å². The molecule has 0 bridgehead atoms. The summed E-state index contributed by atoms with van der Waals surface area (Å²) in [6, 6.07) is 5.55. The lowest BCUT2D eigenvalue weighted by molar-refractivity contribution is -0.138. The van der Waals surface area contributed by atoms with Crippen molar-refractivity contribution in [3.05, 3.63) is 34.4 Å². The van der Waals surface area contributed by atoms with Crippen molar-refractivity contribution >= 4 is 51.3 Å². The lowest BCUT2D eigenvalue weighted by Crippen LogP contribution is -2.29. The smallest absolute Gasteiger partial charge is 0.327 e. The Hall–Kier alpha value is -2.43. The molecule has 1 saturated heterocycles. The zero-order valence-corrected chi connectivity index (χ0v) is 19.3. The molecule has 1 aromatic carbocycles. The molecule has 31 heavy (non-hydrogen) atoms. The first kappa shape index (κ1) is 21.8. The van der Waals surface area contributed by atoms with Gasteiger partial charge in [0, 0.05) is 31.7 Å². The van der Waals surface area contributed by atoms with Crippen molar-refractivity contribution in [1.82, 2.24) is 25.2 Å². The fourth-order valence-electron chi connectivity index (χ4n) is 3.70. The van der Waals surface area contributed by atoms with E-state index in [4.69, 9.17) is 28.3 Å². The number of hydrogen-bond acceptors (Lipinski definition) is 8. The molecule has 164 valence electrons. The molecule has 0 saturated carbocycles. The number of nitrogens with zero attached hydrogens (tertiary/aromatic N) is 7. The number of carboxylic acid groups (broad SMARTS) is 1. The number of aromatic nitrogens is 5. The van der Waals surface area contributed by atoms with Crippen molar-refractivity contribution in [2.24, 2.45) is 11.8 Å². The van der Waals surface area contributed by atoms with Crippen LogP contribution in [0.5, 0.6) is 0 Å². The number of aliphatic carboxylic acids is 1. The second kappa shape index (κ2) is 8.97. The standard InChI is InChI=1S/C19H21Cl2N7O2S/c1-11-7-27(15-5-13(20)3-4-14(15)21)9-12(11)8-26(2)19-22-6-16(31-19)18-23-25-28(24-18)10-17(29)30/h3-6,11-12H,7-10H2,1-2H3,(H,29,30). The van der Waals surface area contributed by atoms with Crippen LogP contribution in [0, 0.1) is 11.8 Å². The summed E-state index contributed by atoms with van der Waals surface area (Å²) in [5.74, 6) is 0.262. The van der Waals surface area contributed by atoms with Crippen LogP contribution in [0.4, 0.5) is 10.8 Å². The van der Waals surface area contributed by atoms with E-state index < -0.39 is 5.97 Å². The highest BCUT2D eigenvalue weighted by Gasteiger charge is 2.32. The second-order valence-corrected chi connectivity index (χ2v) is 9.52. The Labute approximate surface area is 193 Å². The van der Waals surface area contributed by atoms with E-state index in [1.807, 2.05) is 19.2 Å². The number of tetrazole rings is 1. The average molecular weight is 482 g/mol. The van der Waals surface area contributed by atoms with E-state index in [0.29, 0.717) is 27.7 Å². The molecule has 3 heterocycles. The normalized spacial score (nSPS) is 18.5. The summed E-state index contributed by atoms with van der Waals surface area (Å²) >= 11 is 14.0. The molecule has 12 heteroatoms. The van der Waals surface area contributed by atoms with Crippen molar-refractivity contribution < 1.29 is 9.90 Å². The highest BCUT2D eigenvalue weighted by Crippen LogP contribution is 2.36. The lowest BCUT2D eigenvalue weighted by Gasteiger charge is -2.23. The fraction of sp³-hybridized carbons (Fsp3) is 0.421. The Kier molecular flexibility index (Phi) is 6.31. The van der Waals surface area contributed by atoms with E-state index in [2.05, 4.69) is 37.1 Å². The number of anilines is 2. The van der Waals surface area contributed by atoms with Crippen molar-refractivity contribution in [2.75, 3.05) is 36.5 Å². The maximum absolute atomic E-state index is 10.8. The van der Waals surface area contributed by atoms with Gasteiger partial charge in [-0.25, -0.2) is 4.98 Å². The first-order chi connectivity index (χ1) is 14.8. The Morgan fingerprint density at radius 2 is 2.16 bits per heavy atom. The molecule has 1 N–H and O–H groups in total. The molecule has 1 fully saturated rings. The zero-order chi connectivity index (χ0) is 22.1. The van der Waals surface area contributed by atoms with Crippen molar-refractivity contribution in [3.63, 3.8) is 0 Å². The van der Waals surface area contributed by atoms with Crippen molar-refractivity contribution in [2.45, 2.75) is 13.5 Å². The van der Waals surface area contributed by atoms with E-state index in [-0.39, 0.29) is 6.54 Å². The summed E-state index contributed by atoms with van der Waals surface area (Å²) in [6.45, 7) is 4.55. The van der Waals surface area contributed by atoms with Crippen LogP contribution in [0.1, 0.15) is 6.92 Å². The maximum atomic E-state index is 10.8. The van der Waals surface area contributed by atoms with Crippen molar-refractivity contribution in [3.8, 4) is 10.7 Å². The average Bonchev–Trinajstić information content (AvgIpc) is 3.44. The summed E-state index contributed by atoms with van der Waals surface area (Å²) in [6.07, 6.45) is 1.69. The van der Waals surface area contributed by atoms with Gasteiger partial charge in [0.1, 0.15) is 0 Å². The topological polar surface area (TPSA) is 100 Å². The molecule has 3 aromatic rings. The number of rotatable bonds is 7. The summed E-state index contributed by atoms with van der Waals surface area (Å²) in [4.78, 5) is 21.5. The van der Waals surface area contributed by atoms with Crippen LogP contribution in [0.3, 0.4) is 0 Å². The Morgan fingerprint density at radius 1 is 1.35 bits per heavy atom. The summed E-state index contributed by atoms with van der Waals surface area (Å²) < 4.78 is 0. The van der Waals surface area contributed by atoms with E-state index in [1.54, 1.807) is 12.3 Å². The van der Waals surface area contributed by atoms with Gasteiger partial charge in [-0.3, -0.25) is 4.79 Å². The summed E-state index contributed by atoms with van der Waals surface area (Å²) in [5, 5.41) is 22.9. The molecule has 0 aliphatic carbocycles. The Balaban J connectivity index is 1.42. The molecular weight excluding hydrogens is 461 g/mol. The number of benzene rings is 1. The molecule has 2 atom stereocenters. The minimum absolute atomic E-state index is 0.328. The molecule has 1 aliphatic rings. The van der Waals surface area contributed by atoms with Gasteiger partial charge < -0.3 is 14.9 Å². The van der Waals surface area contributed by atoms with Gasteiger partial charge in [0.2, 0.25) is 5.82 Å². The van der Waals surface area contributed by atoms with E-state index in [9.17, 15) is 4.79 Å². The molecule has 9 nitrogen and oxygen atoms in total. The summed E-state index contributed by atoms with van der Waals surface area (Å²) in [7, 11) is 2.01. The molecule has 1 aliphatic heterocycles. The van der Waals surface area contributed by atoms with Gasteiger partial charge in [-0.2, -0.15) is 4.80 Å². The first-order valence-corrected chi connectivity index (χ1v) is 11.2. The number of thiazole rings is 1. The minimum atomic E-state index is -1.02. The van der Waals surface area contributed by atoms with Crippen LogP contribution >= 0.6 is 34.5 Å². The monoisotopic (exact) mass is 481 g/mol. The Morgan fingerprint density at radius 3 is 2.94 bits per heavy atom. The Bertz CT molecular complexity index is 1090. The molecule has 4 rings (SSSR count). The van der Waals surface area contributed by atoms with E-state index in [1.165, 1.54) is 11.3 Å². The molecule has 0 amide bonds. The van der Waals surface area contributed by atoms with Gasteiger partial charge in [-0.1, -0.05) is 41.5 Å². The maximum Gasteiger partial charge on any atom is 0.327 e. The number of carbonyl (C=O) groups is 1. The molecule has 2 aromatic heterocycles. The molecule has 2 unspecified atom stereocenters. The fourth-order valence-corrected chi connectivity index (χ4v) is 4.92. The largest absolute Gasteiger partial charge is 0.480 e. The highest BCUT2D eigenvalue weighted by molar-refractivity contribution is 7.18. The third kappa shape index (κ3) is 4.91. The van der Waals surface area contributed by atoms with Gasteiger partial charge in [-0.15, -0.1) is 10.2 Å². The van der Waals surface area contributed by atoms with Gasteiger partial charge in [-0.05, 0) is 35.2 Å². The van der Waals surface area contributed by atoms with Crippen LogP contribution in [-0.4, -0.2) is 62.9 Å². The van der Waals surface area contributed by atoms with Crippen LogP contribution in [0.15, 0.2) is 24.4 Å². The lowest BCUT2D eigenvalue weighted by atomic mass is 9.98. The van der Waals surface area contributed by atoms with E-state index >= 15 is 0 Å². The third-order valence-electron chi connectivity index (χ3n) is 5.30. The predicted octanol–water partition coefficient (Wildman–Crippen LogP) is 3.40. The number of halogens is 2. The highest BCUT2D eigenvalue weighted by atomic mass is 35.5. The number of carboxylic acids is 1. The van der Waals surface area contributed by atoms with Gasteiger partial charge in [0.25, 0.3) is 0 Å². The second-order valence-electron chi connectivity index (χ2n) is 7.66. The summed E-state index contributed by atoms with van der Waals surface area (Å²) in [5.41, 5.74) is 0.971. The predicted molar refractivity (Wildman–Crippen MR) is 121 cm³/mol. The molecule has 0 radical (unpaired) electrons. The van der Waals surface area contributed by atoms with Gasteiger partial charge in [0.15, 0.2) is 11.7 Å². The number of hydrogen-bond donors (Lipinski definition) is 1. The zero-order valence-electron chi connectivity index (χ0n) is 16.9. The van der Waals surface area contributed by atoms with Crippen molar-refractivity contribution in [1.29, 1.82) is 0 Å². The minimum Gasteiger partial charge on any atom is -0.480 e. The molecular formula is C19H21Cl2N7O2S. The van der Waals surface area contributed by atoms with Gasteiger partial charge in [0.05, 0.1) is 21.8 Å². The molecule has 0 spiro atoms. The first-order valence-electron chi connectivity index (χ1n) is 9.67. The van der Waals surface area contributed by atoms with Crippen LogP contribution in [0.2, 0.25) is 10.0 Å². The SMILES string of the molecule is CC1CN(c2cc(Cl)ccc2Cl)CC1CN(C)c1ncc(-c2nnn(CC(=O)O)n2)s1.